The molecule has 2 fully saturated rings. The van der Waals surface area contributed by atoms with Crippen molar-refractivity contribution in [2.75, 3.05) is 26.3 Å². The number of nitrogens with zero attached hydrogens (tertiary/aromatic N) is 4. The van der Waals surface area contributed by atoms with Crippen LogP contribution in [0.15, 0.2) is 29.0 Å². The third kappa shape index (κ3) is 4.51. The molecule has 2 aromatic rings. The lowest BCUT2D eigenvalue weighted by molar-refractivity contribution is -0.143. The van der Waals surface area contributed by atoms with Crippen LogP contribution in [0.2, 0.25) is 0 Å². The molecule has 1 amide bonds. The SMILES string of the molecule is O=C(C1CCOCC1)N1CCCC(OCc2noc(-c3cccnc3)n2)C1. The van der Waals surface area contributed by atoms with E-state index in [9.17, 15) is 4.79 Å². The summed E-state index contributed by atoms with van der Waals surface area (Å²) in [5.41, 5.74) is 0.780. The average molecular weight is 372 g/mol. The Morgan fingerprint density at radius 2 is 2.19 bits per heavy atom. The molecule has 0 N–H and O–H groups in total. The summed E-state index contributed by atoms with van der Waals surface area (Å²) in [6.07, 6.45) is 6.90. The maximum absolute atomic E-state index is 12.7. The molecule has 0 aliphatic carbocycles. The Morgan fingerprint density at radius 1 is 1.30 bits per heavy atom. The highest BCUT2D eigenvalue weighted by molar-refractivity contribution is 5.79. The number of ether oxygens (including phenoxy) is 2. The first-order valence-corrected chi connectivity index (χ1v) is 9.51. The summed E-state index contributed by atoms with van der Waals surface area (Å²) in [4.78, 5) is 23.1. The van der Waals surface area contributed by atoms with Crippen molar-refractivity contribution in [1.29, 1.82) is 0 Å². The summed E-state index contributed by atoms with van der Waals surface area (Å²) in [5.74, 6) is 1.27. The molecule has 144 valence electrons. The maximum Gasteiger partial charge on any atom is 0.259 e. The molecule has 8 heteroatoms. The molecule has 4 rings (SSSR count). The number of carbonyl (C=O) groups excluding carboxylic acids is 1. The van der Waals surface area contributed by atoms with Crippen molar-refractivity contribution in [3.63, 3.8) is 0 Å². The molecule has 8 nitrogen and oxygen atoms in total. The summed E-state index contributed by atoms with van der Waals surface area (Å²) >= 11 is 0. The van der Waals surface area contributed by atoms with E-state index in [0.29, 0.717) is 31.5 Å². The largest absolute Gasteiger partial charge is 0.381 e. The Morgan fingerprint density at radius 3 is 3.00 bits per heavy atom. The van der Waals surface area contributed by atoms with Crippen LogP contribution in [0.1, 0.15) is 31.5 Å². The van der Waals surface area contributed by atoms with Gasteiger partial charge >= 0.3 is 0 Å². The molecule has 0 spiro atoms. The second kappa shape index (κ2) is 8.58. The van der Waals surface area contributed by atoms with Gasteiger partial charge in [-0.1, -0.05) is 5.16 Å². The topological polar surface area (TPSA) is 90.6 Å². The van der Waals surface area contributed by atoms with Crippen LogP contribution in [0.4, 0.5) is 0 Å². The third-order valence-electron chi connectivity index (χ3n) is 5.09. The minimum Gasteiger partial charge on any atom is -0.381 e. The van der Waals surface area contributed by atoms with E-state index >= 15 is 0 Å². The van der Waals surface area contributed by atoms with E-state index in [1.807, 2.05) is 17.0 Å². The summed E-state index contributed by atoms with van der Waals surface area (Å²) in [5, 5.41) is 3.97. The van der Waals surface area contributed by atoms with Gasteiger partial charge in [0.05, 0.1) is 11.7 Å². The Balaban J connectivity index is 1.29. The zero-order valence-electron chi connectivity index (χ0n) is 15.2. The quantitative estimate of drug-likeness (QED) is 0.793. The minimum atomic E-state index is 0.00267. The second-order valence-corrected chi connectivity index (χ2v) is 7.00. The zero-order valence-corrected chi connectivity index (χ0v) is 15.2. The fourth-order valence-electron chi connectivity index (χ4n) is 3.59. The predicted molar refractivity (Wildman–Crippen MR) is 95.5 cm³/mol. The van der Waals surface area contributed by atoms with E-state index in [0.717, 1.165) is 37.8 Å². The van der Waals surface area contributed by atoms with Gasteiger partial charge in [0.15, 0.2) is 5.82 Å². The summed E-state index contributed by atoms with van der Waals surface area (Å²) in [6, 6.07) is 3.69. The summed E-state index contributed by atoms with van der Waals surface area (Å²) < 4.78 is 16.6. The van der Waals surface area contributed by atoms with Gasteiger partial charge in [-0.3, -0.25) is 9.78 Å². The number of aromatic nitrogens is 3. The monoisotopic (exact) mass is 372 g/mol. The molecule has 2 saturated heterocycles. The van der Waals surface area contributed by atoms with Crippen LogP contribution in [0.3, 0.4) is 0 Å². The van der Waals surface area contributed by atoms with Crippen molar-refractivity contribution < 1.29 is 18.8 Å². The number of carbonyl (C=O) groups is 1. The molecular weight excluding hydrogens is 348 g/mol. The second-order valence-electron chi connectivity index (χ2n) is 7.00. The molecule has 0 radical (unpaired) electrons. The Bertz CT molecular complexity index is 745. The number of hydrogen-bond donors (Lipinski definition) is 0. The van der Waals surface area contributed by atoms with Gasteiger partial charge in [0.25, 0.3) is 5.89 Å². The number of rotatable bonds is 5. The normalized spacial score (nSPS) is 21.3. The maximum atomic E-state index is 12.7. The summed E-state index contributed by atoms with van der Waals surface area (Å²) in [6.45, 7) is 3.07. The first-order chi connectivity index (χ1) is 13.3. The van der Waals surface area contributed by atoms with Crippen LogP contribution >= 0.6 is 0 Å². The molecular formula is C19H24N4O4. The molecule has 4 heterocycles. The number of hydrogen-bond acceptors (Lipinski definition) is 7. The van der Waals surface area contributed by atoms with E-state index in [4.69, 9.17) is 14.0 Å². The first kappa shape index (κ1) is 18.1. The number of piperidine rings is 1. The fraction of sp³-hybridized carbons (Fsp3) is 0.579. The van der Waals surface area contributed by atoms with Crippen molar-refractivity contribution >= 4 is 5.91 Å². The van der Waals surface area contributed by atoms with Gasteiger partial charge < -0.3 is 18.9 Å². The van der Waals surface area contributed by atoms with E-state index in [1.165, 1.54) is 0 Å². The Hall–Kier alpha value is -2.32. The van der Waals surface area contributed by atoms with Crippen LogP contribution in [-0.4, -0.2) is 58.3 Å². The van der Waals surface area contributed by atoms with Gasteiger partial charge in [-0.15, -0.1) is 0 Å². The van der Waals surface area contributed by atoms with E-state index < -0.39 is 0 Å². The van der Waals surface area contributed by atoms with Gasteiger partial charge in [-0.2, -0.15) is 4.98 Å². The van der Waals surface area contributed by atoms with Crippen LogP contribution in [0, 0.1) is 5.92 Å². The van der Waals surface area contributed by atoms with Gasteiger partial charge in [-0.05, 0) is 37.8 Å². The molecule has 0 saturated carbocycles. The Labute approximate surface area is 157 Å². The van der Waals surface area contributed by atoms with Crippen LogP contribution in [0.5, 0.6) is 0 Å². The third-order valence-corrected chi connectivity index (χ3v) is 5.09. The molecule has 2 aromatic heterocycles. The lowest BCUT2D eigenvalue weighted by Gasteiger charge is -2.35. The number of amides is 1. The lowest BCUT2D eigenvalue weighted by atomic mass is 9.97. The molecule has 0 bridgehead atoms. The van der Waals surface area contributed by atoms with Crippen molar-refractivity contribution in [2.24, 2.45) is 5.92 Å². The highest BCUT2D eigenvalue weighted by Crippen LogP contribution is 2.22. The average Bonchev–Trinajstić information content (AvgIpc) is 3.22. The molecule has 1 unspecified atom stereocenters. The zero-order chi connectivity index (χ0) is 18.5. The van der Waals surface area contributed by atoms with Gasteiger partial charge in [0.1, 0.15) is 6.61 Å². The van der Waals surface area contributed by atoms with Crippen LogP contribution in [0.25, 0.3) is 11.5 Å². The molecule has 27 heavy (non-hydrogen) atoms. The number of likely N-dealkylation sites (tertiary alicyclic amines) is 1. The van der Waals surface area contributed by atoms with Crippen molar-refractivity contribution in [1.82, 2.24) is 20.0 Å². The molecule has 2 aliphatic heterocycles. The molecule has 1 atom stereocenters. The lowest BCUT2D eigenvalue weighted by Crippen LogP contribution is -2.46. The summed E-state index contributed by atoms with van der Waals surface area (Å²) in [7, 11) is 0. The van der Waals surface area contributed by atoms with Crippen molar-refractivity contribution in [3.8, 4) is 11.5 Å². The van der Waals surface area contributed by atoms with Gasteiger partial charge in [-0.25, -0.2) is 0 Å². The predicted octanol–water partition coefficient (Wildman–Crippen LogP) is 2.07. The smallest absolute Gasteiger partial charge is 0.259 e. The van der Waals surface area contributed by atoms with Gasteiger partial charge in [0, 0.05) is 44.6 Å². The van der Waals surface area contributed by atoms with E-state index in [1.54, 1.807) is 12.4 Å². The van der Waals surface area contributed by atoms with Crippen molar-refractivity contribution in [3.05, 3.63) is 30.4 Å². The fourth-order valence-corrected chi connectivity index (χ4v) is 3.59. The minimum absolute atomic E-state index is 0.00267. The first-order valence-electron chi connectivity index (χ1n) is 9.51. The van der Waals surface area contributed by atoms with E-state index in [2.05, 4.69) is 15.1 Å². The van der Waals surface area contributed by atoms with Gasteiger partial charge in [0.2, 0.25) is 5.91 Å². The molecule has 2 aliphatic rings. The van der Waals surface area contributed by atoms with Crippen LogP contribution in [-0.2, 0) is 20.9 Å². The van der Waals surface area contributed by atoms with E-state index in [-0.39, 0.29) is 24.5 Å². The van der Waals surface area contributed by atoms with Crippen LogP contribution < -0.4 is 0 Å². The Kier molecular flexibility index (Phi) is 5.74. The van der Waals surface area contributed by atoms with Crippen molar-refractivity contribution in [2.45, 2.75) is 38.4 Å². The number of pyridine rings is 1. The highest BCUT2D eigenvalue weighted by Gasteiger charge is 2.30. The molecule has 0 aromatic carbocycles. The standard InChI is InChI=1S/C19H24N4O4/c24-19(14-5-9-25-10-6-14)23-8-2-4-16(12-23)26-13-17-21-18(27-22-17)15-3-1-7-20-11-15/h1,3,7,11,14,16H,2,4-6,8-10,12-13H2. The highest BCUT2D eigenvalue weighted by atomic mass is 16.5.